The summed E-state index contributed by atoms with van der Waals surface area (Å²) < 4.78 is 0. The van der Waals surface area contributed by atoms with E-state index < -0.39 is 10.8 Å². The average molecular weight is 415 g/mol. The van der Waals surface area contributed by atoms with E-state index in [2.05, 4.69) is 22.0 Å². The first kappa shape index (κ1) is 21.3. The first-order chi connectivity index (χ1) is 14.0. The van der Waals surface area contributed by atoms with Crippen molar-refractivity contribution in [3.05, 3.63) is 63.7 Å². The molecule has 1 amide bonds. The Labute approximate surface area is 175 Å². The number of likely N-dealkylation sites (N-methyl/N-ethyl adjacent to an activating group) is 1. The third-order valence-corrected chi connectivity index (χ3v) is 5.90. The van der Waals surface area contributed by atoms with Gasteiger partial charge in [0, 0.05) is 49.4 Å². The van der Waals surface area contributed by atoms with Crippen LogP contribution in [-0.2, 0) is 6.54 Å². The lowest BCUT2D eigenvalue weighted by molar-refractivity contribution is -0.385. The number of carbonyl (C=O) groups is 1. The zero-order valence-corrected chi connectivity index (χ0v) is 17.6. The fraction of sp³-hybridized carbons (Fsp3) is 0.381. The number of benzene rings is 2. The van der Waals surface area contributed by atoms with Gasteiger partial charge in [-0.2, -0.15) is 0 Å². The summed E-state index contributed by atoms with van der Waals surface area (Å²) in [5, 5.41) is 14.0. The van der Waals surface area contributed by atoms with Crippen LogP contribution in [0.4, 0.5) is 11.4 Å². The van der Waals surface area contributed by atoms with Crippen LogP contribution in [0.3, 0.4) is 0 Å². The zero-order valence-electron chi connectivity index (χ0n) is 16.8. The molecular weight excluding hydrogens is 388 g/mol. The number of rotatable bonds is 7. The van der Waals surface area contributed by atoms with Gasteiger partial charge < -0.3 is 10.2 Å². The van der Waals surface area contributed by atoms with Crippen LogP contribution in [0.2, 0.25) is 0 Å². The highest BCUT2D eigenvalue weighted by molar-refractivity contribution is 7.98. The Morgan fingerprint density at radius 2 is 1.76 bits per heavy atom. The van der Waals surface area contributed by atoms with Gasteiger partial charge in [-0.05, 0) is 42.6 Å². The normalized spacial score (nSPS) is 15.2. The van der Waals surface area contributed by atoms with Gasteiger partial charge in [0.1, 0.15) is 5.56 Å². The maximum absolute atomic E-state index is 12.6. The molecule has 1 saturated heterocycles. The molecule has 3 rings (SSSR count). The molecule has 1 N–H and O–H groups in total. The summed E-state index contributed by atoms with van der Waals surface area (Å²) in [6, 6.07) is 12.3. The number of nitro groups is 1. The maximum Gasteiger partial charge on any atom is 0.282 e. The molecule has 0 spiro atoms. The molecule has 29 heavy (non-hydrogen) atoms. The molecule has 0 unspecified atom stereocenters. The highest BCUT2D eigenvalue weighted by Gasteiger charge is 2.21. The van der Waals surface area contributed by atoms with Gasteiger partial charge in [-0.15, -0.1) is 11.8 Å². The van der Waals surface area contributed by atoms with Crippen LogP contribution < -0.4 is 5.32 Å². The second-order valence-corrected chi connectivity index (χ2v) is 7.88. The number of nitro benzene ring substituents is 1. The third-order valence-electron chi connectivity index (χ3n) is 5.18. The summed E-state index contributed by atoms with van der Waals surface area (Å²) in [4.78, 5) is 29.0. The van der Waals surface area contributed by atoms with Crippen molar-refractivity contribution < 1.29 is 9.72 Å². The molecule has 1 aliphatic rings. The second-order valence-electron chi connectivity index (χ2n) is 7.00. The molecule has 2 aromatic carbocycles. The van der Waals surface area contributed by atoms with Crippen molar-refractivity contribution in [2.75, 3.05) is 44.3 Å². The fourth-order valence-electron chi connectivity index (χ4n) is 3.40. The van der Waals surface area contributed by atoms with Crippen molar-refractivity contribution in [2.45, 2.75) is 18.4 Å². The number of hydrogen-bond donors (Lipinski definition) is 1. The van der Waals surface area contributed by atoms with Crippen molar-refractivity contribution in [3.8, 4) is 0 Å². The molecular formula is C21H26N4O3S. The molecule has 0 bridgehead atoms. The highest BCUT2D eigenvalue weighted by atomic mass is 32.2. The number of nitrogens with one attached hydrogen (secondary N) is 1. The predicted molar refractivity (Wildman–Crippen MR) is 117 cm³/mol. The van der Waals surface area contributed by atoms with Crippen molar-refractivity contribution in [2.24, 2.45) is 0 Å². The molecule has 0 aromatic heterocycles. The number of piperazine rings is 1. The predicted octanol–water partition coefficient (Wildman–Crippen LogP) is 3.71. The van der Waals surface area contributed by atoms with Crippen LogP contribution in [-0.4, -0.2) is 59.6 Å². The van der Waals surface area contributed by atoms with Crippen LogP contribution in [0, 0.1) is 10.1 Å². The van der Waals surface area contributed by atoms with E-state index in [1.165, 1.54) is 23.4 Å². The second kappa shape index (κ2) is 9.87. The number of nitrogens with zero attached hydrogens (tertiary/aromatic N) is 3. The molecule has 0 aliphatic carbocycles. The molecule has 8 heteroatoms. The van der Waals surface area contributed by atoms with Crippen molar-refractivity contribution in [1.82, 2.24) is 9.80 Å². The summed E-state index contributed by atoms with van der Waals surface area (Å²) in [5.74, 6) is -0.476. The molecule has 154 valence electrons. The van der Waals surface area contributed by atoms with Crippen LogP contribution in [0.25, 0.3) is 0 Å². The third kappa shape index (κ3) is 5.56. The van der Waals surface area contributed by atoms with Crippen LogP contribution in [0.5, 0.6) is 0 Å². The summed E-state index contributed by atoms with van der Waals surface area (Å²) in [6.07, 6.45) is 1.86. The molecule has 1 aliphatic heterocycles. The molecule has 0 saturated carbocycles. The number of amides is 1. The van der Waals surface area contributed by atoms with E-state index in [4.69, 9.17) is 0 Å². The standard InChI is InChI=1S/C21H26N4O3S/c1-3-23-10-12-24(13-11-23)15-16-4-6-17(7-5-16)22-21(26)19-14-18(29-2)8-9-20(19)25(27)28/h4-9,14H,3,10-13,15H2,1-2H3,(H,22,26). The average Bonchev–Trinajstić information content (AvgIpc) is 2.75. The van der Waals surface area contributed by atoms with Crippen molar-refractivity contribution >= 4 is 29.0 Å². The minimum atomic E-state index is -0.527. The van der Waals surface area contributed by atoms with E-state index in [9.17, 15) is 14.9 Å². The van der Waals surface area contributed by atoms with Gasteiger partial charge in [0.2, 0.25) is 0 Å². The molecule has 2 aromatic rings. The molecule has 7 nitrogen and oxygen atoms in total. The largest absolute Gasteiger partial charge is 0.322 e. The SMILES string of the molecule is CCN1CCN(Cc2ccc(NC(=O)c3cc(SC)ccc3[N+](=O)[O-])cc2)CC1. The maximum atomic E-state index is 12.6. The van der Waals surface area contributed by atoms with E-state index in [-0.39, 0.29) is 11.3 Å². The molecule has 0 radical (unpaired) electrons. The number of carbonyl (C=O) groups excluding carboxylic acids is 1. The quantitative estimate of drug-likeness (QED) is 0.423. The lowest BCUT2D eigenvalue weighted by Crippen LogP contribution is -2.45. The number of hydrogen-bond acceptors (Lipinski definition) is 6. The Balaban J connectivity index is 1.64. The van der Waals surface area contributed by atoms with Crippen LogP contribution in [0.15, 0.2) is 47.4 Å². The van der Waals surface area contributed by atoms with Crippen molar-refractivity contribution in [1.29, 1.82) is 0 Å². The zero-order chi connectivity index (χ0) is 20.8. The fourth-order valence-corrected chi connectivity index (χ4v) is 3.84. The van der Waals surface area contributed by atoms with E-state index in [0.717, 1.165) is 44.2 Å². The minimum absolute atomic E-state index is 0.0692. The van der Waals surface area contributed by atoms with Gasteiger partial charge in [0.25, 0.3) is 11.6 Å². The Morgan fingerprint density at radius 3 is 2.34 bits per heavy atom. The number of anilines is 1. The summed E-state index contributed by atoms with van der Waals surface area (Å²) >= 11 is 1.44. The Morgan fingerprint density at radius 1 is 1.10 bits per heavy atom. The van der Waals surface area contributed by atoms with Gasteiger partial charge in [-0.25, -0.2) is 0 Å². The first-order valence-corrected chi connectivity index (χ1v) is 10.9. The van der Waals surface area contributed by atoms with Gasteiger partial charge in [0.05, 0.1) is 4.92 Å². The van der Waals surface area contributed by atoms with Crippen LogP contribution in [0.1, 0.15) is 22.8 Å². The first-order valence-electron chi connectivity index (χ1n) is 9.67. The molecule has 1 heterocycles. The lowest BCUT2D eigenvalue weighted by atomic mass is 10.1. The van der Waals surface area contributed by atoms with Gasteiger partial charge >= 0.3 is 0 Å². The van der Waals surface area contributed by atoms with Crippen LogP contribution >= 0.6 is 11.8 Å². The Kier molecular flexibility index (Phi) is 7.24. The van der Waals surface area contributed by atoms with E-state index in [1.54, 1.807) is 12.1 Å². The molecule has 1 fully saturated rings. The Bertz CT molecular complexity index is 865. The summed E-state index contributed by atoms with van der Waals surface area (Å²) in [6.45, 7) is 8.47. The Hall–Kier alpha value is -2.42. The van der Waals surface area contributed by atoms with Gasteiger partial charge in [-0.1, -0.05) is 19.1 Å². The van der Waals surface area contributed by atoms with E-state index in [1.807, 2.05) is 30.5 Å². The highest BCUT2D eigenvalue weighted by Crippen LogP contribution is 2.26. The number of thioether (sulfide) groups is 1. The molecule has 0 atom stereocenters. The lowest BCUT2D eigenvalue weighted by Gasteiger charge is -2.34. The minimum Gasteiger partial charge on any atom is -0.322 e. The smallest absolute Gasteiger partial charge is 0.282 e. The van der Waals surface area contributed by atoms with E-state index in [0.29, 0.717) is 5.69 Å². The van der Waals surface area contributed by atoms with E-state index >= 15 is 0 Å². The van der Waals surface area contributed by atoms with Gasteiger partial charge in [0.15, 0.2) is 0 Å². The monoisotopic (exact) mass is 414 g/mol. The topological polar surface area (TPSA) is 78.7 Å². The summed E-state index contributed by atoms with van der Waals surface area (Å²) in [5.41, 5.74) is 1.68. The van der Waals surface area contributed by atoms with Gasteiger partial charge in [-0.3, -0.25) is 19.8 Å². The summed E-state index contributed by atoms with van der Waals surface area (Å²) in [7, 11) is 0. The van der Waals surface area contributed by atoms with Crippen molar-refractivity contribution in [3.63, 3.8) is 0 Å².